The van der Waals surface area contributed by atoms with Gasteiger partial charge in [0.1, 0.15) is 24.7 Å². The number of thiophene rings is 2. The first-order valence-electron chi connectivity index (χ1n) is 15.8. The van der Waals surface area contributed by atoms with Gasteiger partial charge >= 0.3 is 0 Å². The molecule has 0 atom stereocenters. The van der Waals surface area contributed by atoms with Crippen LogP contribution in [0.25, 0.3) is 49.4 Å². The second-order valence-electron chi connectivity index (χ2n) is 11.9. The van der Waals surface area contributed by atoms with Crippen molar-refractivity contribution in [1.82, 2.24) is 0 Å². The highest BCUT2D eigenvalue weighted by Gasteiger charge is 2.49. The van der Waals surface area contributed by atoms with E-state index in [2.05, 4.69) is 108 Å². The number of ether oxygens (including phenoxy) is 2. The van der Waals surface area contributed by atoms with E-state index in [1.165, 1.54) is 53.9 Å². The fourth-order valence-corrected chi connectivity index (χ4v) is 9.43. The van der Waals surface area contributed by atoms with E-state index in [1.807, 2.05) is 12.1 Å². The molecular weight excluding hydrogens is 621 g/mol. The molecular formula is C41H30O4S2. The lowest BCUT2D eigenvalue weighted by Gasteiger charge is -2.42. The Balaban J connectivity index is 1.43. The zero-order valence-corrected chi connectivity index (χ0v) is 27.0. The van der Waals surface area contributed by atoms with E-state index in [0.29, 0.717) is 0 Å². The summed E-state index contributed by atoms with van der Waals surface area (Å²) in [7, 11) is 0. The van der Waals surface area contributed by atoms with Crippen molar-refractivity contribution in [2.24, 2.45) is 0 Å². The summed E-state index contributed by atoms with van der Waals surface area (Å²) in [5, 5.41) is 29.0. The van der Waals surface area contributed by atoms with Crippen molar-refractivity contribution in [3.8, 4) is 11.5 Å². The summed E-state index contributed by atoms with van der Waals surface area (Å²) in [5.74, 6) is 1.51. The zero-order valence-electron chi connectivity index (χ0n) is 25.4. The monoisotopic (exact) mass is 650 g/mol. The van der Waals surface area contributed by atoms with Gasteiger partial charge in [-0.3, -0.25) is 0 Å². The minimum absolute atomic E-state index is 0.0499. The molecule has 5 aromatic carbocycles. The first-order valence-corrected chi connectivity index (χ1v) is 17.5. The Bertz CT molecular complexity index is 2320. The summed E-state index contributed by atoms with van der Waals surface area (Å²) in [6.45, 7) is 0.360. The summed E-state index contributed by atoms with van der Waals surface area (Å²) in [4.78, 5) is 1.24. The van der Waals surface area contributed by atoms with Gasteiger partial charge in [0, 0.05) is 20.3 Å². The van der Waals surface area contributed by atoms with Crippen LogP contribution in [-0.2, 0) is 5.41 Å². The van der Waals surface area contributed by atoms with Gasteiger partial charge in [-0.25, -0.2) is 0 Å². The van der Waals surface area contributed by atoms with Crippen LogP contribution in [0.3, 0.4) is 0 Å². The first-order chi connectivity index (χ1) is 23.2. The van der Waals surface area contributed by atoms with Crippen molar-refractivity contribution < 1.29 is 19.7 Å². The van der Waals surface area contributed by atoms with Gasteiger partial charge in [-0.2, -0.15) is 0 Å². The molecule has 0 saturated carbocycles. The molecule has 0 spiro atoms. The minimum Gasteiger partial charge on any atom is -0.491 e. The van der Waals surface area contributed by atoms with Crippen molar-refractivity contribution in [2.75, 3.05) is 26.4 Å². The normalized spacial score (nSPS) is 14.5. The van der Waals surface area contributed by atoms with E-state index in [9.17, 15) is 10.2 Å². The van der Waals surface area contributed by atoms with Crippen LogP contribution >= 0.6 is 22.7 Å². The molecule has 6 heteroatoms. The largest absolute Gasteiger partial charge is 0.491 e. The van der Waals surface area contributed by atoms with Crippen LogP contribution in [0.15, 0.2) is 113 Å². The smallest absolute Gasteiger partial charge is 0.127 e. The van der Waals surface area contributed by atoms with E-state index < -0.39 is 5.41 Å². The Morgan fingerprint density at radius 2 is 1.21 bits per heavy atom. The Kier molecular flexibility index (Phi) is 6.80. The highest BCUT2D eigenvalue weighted by atomic mass is 32.1. The highest BCUT2D eigenvalue weighted by Crippen LogP contribution is 2.61. The Morgan fingerprint density at radius 3 is 1.85 bits per heavy atom. The molecule has 2 aliphatic rings. The fraction of sp³-hybridized carbons (Fsp3) is 0.122. The zero-order chi connectivity index (χ0) is 31.5. The molecule has 9 rings (SSSR count). The van der Waals surface area contributed by atoms with Crippen LogP contribution in [0.2, 0.25) is 0 Å². The van der Waals surface area contributed by atoms with Crippen LogP contribution in [0.5, 0.6) is 11.5 Å². The molecule has 7 aromatic rings. The number of hydrogen-bond acceptors (Lipinski definition) is 6. The van der Waals surface area contributed by atoms with Crippen LogP contribution in [0.4, 0.5) is 0 Å². The van der Waals surface area contributed by atoms with Crippen LogP contribution in [-0.4, -0.2) is 36.6 Å². The highest BCUT2D eigenvalue weighted by molar-refractivity contribution is 7.17. The number of allylic oxidation sites excluding steroid dienone is 2. The van der Waals surface area contributed by atoms with E-state index in [4.69, 9.17) is 9.47 Å². The van der Waals surface area contributed by atoms with Gasteiger partial charge < -0.3 is 19.7 Å². The van der Waals surface area contributed by atoms with Crippen LogP contribution in [0, 0.1) is 0 Å². The number of fused-ring (bicyclic) bond motifs is 7. The molecule has 0 bridgehead atoms. The predicted molar refractivity (Wildman–Crippen MR) is 195 cm³/mol. The molecule has 47 heavy (non-hydrogen) atoms. The van der Waals surface area contributed by atoms with Gasteiger partial charge in [0.2, 0.25) is 0 Å². The molecule has 2 aromatic heterocycles. The number of hydrogen-bond donors (Lipinski definition) is 2. The number of rotatable bonds is 8. The van der Waals surface area contributed by atoms with Crippen molar-refractivity contribution >= 4 is 72.0 Å². The Labute approximate surface area is 280 Å². The van der Waals surface area contributed by atoms with Gasteiger partial charge in [0.25, 0.3) is 0 Å². The fourth-order valence-electron chi connectivity index (χ4n) is 7.73. The standard InChI is InChI=1S/C41H30O4S2/c42-15-17-44-37-11-9-33(27-5-1-3-7-29(27)37)41(34-10-12-38(45-18-16-43)30-8-4-2-6-28(30)34)35-14-20-47-40(35)24-32-31-21-25-13-19-46-39(25)23-26(31)22-36(32)41/h1-14,19-24,42-43H,15-18H2. The molecule has 2 N–H and O–H groups in total. The van der Waals surface area contributed by atoms with Gasteiger partial charge in [-0.05, 0) is 114 Å². The van der Waals surface area contributed by atoms with E-state index >= 15 is 0 Å². The molecule has 0 unspecified atom stereocenters. The average Bonchev–Trinajstić information content (AvgIpc) is 3.87. The maximum atomic E-state index is 9.59. The maximum absolute atomic E-state index is 9.59. The second-order valence-corrected chi connectivity index (χ2v) is 13.8. The summed E-state index contributed by atoms with van der Waals surface area (Å²) in [6.07, 6.45) is 4.80. The number of benzene rings is 5. The van der Waals surface area contributed by atoms with Crippen molar-refractivity contribution in [2.45, 2.75) is 5.41 Å². The van der Waals surface area contributed by atoms with E-state index in [0.717, 1.165) is 33.0 Å². The van der Waals surface area contributed by atoms with E-state index in [-0.39, 0.29) is 26.4 Å². The number of aliphatic hydroxyl groups excluding tert-OH is 2. The quantitative estimate of drug-likeness (QED) is 0.172. The summed E-state index contributed by atoms with van der Waals surface area (Å²) in [6, 6.07) is 34.7. The molecule has 4 nitrogen and oxygen atoms in total. The SMILES string of the molecule is OCCOc1ccc(C2(c3ccc(OCCO)c4ccccc34)C3=Cc4cc5sccc5cc4C3=Cc3sccc32)c2ccccc12. The Hall–Kier alpha value is -4.72. The van der Waals surface area contributed by atoms with E-state index in [1.54, 1.807) is 22.7 Å². The summed E-state index contributed by atoms with van der Waals surface area (Å²) < 4.78 is 13.5. The molecule has 0 fully saturated rings. The average molecular weight is 651 g/mol. The van der Waals surface area contributed by atoms with Gasteiger partial charge in [0.05, 0.1) is 18.6 Å². The third-order valence-electron chi connectivity index (χ3n) is 9.56. The first kappa shape index (κ1) is 28.5. The number of aliphatic hydroxyl groups is 2. The molecule has 2 heterocycles. The summed E-state index contributed by atoms with van der Waals surface area (Å²) >= 11 is 3.56. The van der Waals surface area contributed by atoms with Crippen molar-refractivity contribution in [3.05, 3.63) is 146 Å². The van der Waals surface area contributed by atoms with Crippen LogP contribution < -0.4 is 9.47 Å². The van der Waals surface area contributed by atoms with Gasteiger partial charge in [0.15, 0.2) is 0 Å². The molecule has 0 amide bonds. The third kappa shape index (κ3) is 4.19. The summed E-state index contributed by atoms with van der Waals surface area (Å²) in [5.41, 5.74) is 7.89. The molecule has 230 valence electrons. The van der Waals surface area contributed by atoms with Crippen molar-refractivity contribution in [3.63, 3.8) is 0 Å². The van der Waals surface area contributed by atoms with Crippen molar-refractivity contribution in [1.29, 1.82) is 0 Å². The lowest BCUT2D eigenvalue weighted by Crippen LogP contribution is -2.34. The predicted octanol–water partition coefficient (Wildman–Crippen LogP) is 9.30. The van der Waals surface area contributed by atoms with Crippen LogP contribution in [0.1, 0.15) is 32.7 Å². The second kappa shape index (κ2) is 11.2. The molecule has 2 aliphatic carbocycles. The Morgan fingerprint density at radius 1 is 0.596 bits per heavy atom. The molecule has 0 radical (unpaired) electrons. The third-order valence-corrected chi connectivity index (χ3v) is 11.3. The molecule has 0 saturated heterocycles. The lowest BCUT2D eigenvalue weighted by molar-refractivity contribution is 0.203. The lowest BCUT2D eigenvalue weighted by atomic mass is 9.59. The van der Waals surface area contributed by atoms with Gasteiger partial charge in [-0.15, -0.1) is 22.7 Å². The maximum Gasteiger partial charge on any atom is 0.127 e. The van der Waals surface area contributed by atoms with Gasteiger partial charge in [-0.1, -0.05) is 60.7 Å². The topological polar surface area (TPSA) is 58.9 Å². The molecule has 0 aliphatic heterocycles. The minimum atomic E-state index is -0.684.